The summed E-state index contributed by atoms with van der Waals surface area (Å²) in [6.45, 7) is -0.462. The molecule has 0 saturated heterocycles. The zero-order valence-corrected chi connectivity index (χ0v) is 14.7. The molecule has 1 amide bonds. The summed E-state index contributed by atoms with van der Waals surface area (Å²) in [5.41, 5.74) is 0.548. The van der Waals surface area contributed by atoms with Gasteiger partial charge in [-0.1, -0.05) is 24.3 Å². The van der Waals surface area contributed by atoms with E-state index in [1.807, 2.05) is 0 Å². The van der Waals surface area contributed by atoms with Crippen LogP contribution in [0.25, 0.3) is 0 Å². The van der Waals surface area contributed by atoms with Gasteiger partial charge in [-0.15, -0.1) is 11.3 Å². The van der Waals surface area contributed by atoms with Crippen molar-refractivity contribution in [2.75, 3.05) is 17.3 Å². The maximum atomic E-state index is 12.6. The molecule has 6 nitrogen and oxygen atoms in total. The first-order valence-corrected chi connectivity index (χ1v) is 10.0. The molecule has 2 heterocycles. The number of anilines is 1. The first-order valence-electron chi connectivity index (χ1n) is 7.45. The Morgan fingerprint density at radius 2 is 1.92 bits per heavy atom. The number of carbonyl (C=O) groups is 2. The average Bonchev–Trinajstić information content (AvgIpc) is 3.24. The second-order valence-electron chi connectivity index (χ2n) is 5.38. The molecule has 0 N–H and O–H groups in total. The van der Waals surface area contributed by atoms with E-state index in [4.69, 9.17) is 4.74 Å². The Labute approximate surface area is 149 Å². The van der Waals surface area contributed by atoms with Crippen LogP contribution in [-0.2, 0) is 19.4 Å². The molecule has 1 aromatic heterocycles. The summed E-state index contributed by atoms with van der Waals surface area (Å²) in [5.74, 6) is -1.25. The average molecular weight is 377 g/mol. The molecule has 1 aliphatic rings. The molecule has 1 aromatic carbocycles. The summed E-state index contributed by atoms with van der Waals surface area (Å²) in [5, 5.41) is 2.85. The summed E-state index contributed by atoms with van der Waals surface area (Å²) in [4.78, 5) is 26.3. The fourth-order valence-electron chi connectivity index (χ4n) is 2.49. The van der Waals surface area contributed by atoms with E-state index in [1.54, 1.807) is 47.8 Å². The minimum Gasteiger partial charge on any atom is -0.451 e. The molecule has 0 fully saturated rings. The highest BCUT2D eigenvalue weighted by atomic mass is 32.2. The molecule has 130 valence electrons. The largest absolute Gasteiger partial charge is 0.451 e. The summed E-state index contributed by atoms with van der Waals surface area (Å²) in [6, 6.07) is 11.4. The maximum absolute atomic E-state index is 12.6. The normalized spacial score (nSPS) is 18.0. The van der Waals surface area contributed by atoms with Crippen LogP contribution in [0.15, 0.2) is 59.3 Å². The van der Waals surface area contributed by atoms with Crippen LogP contribution >= 0.6 is 11.3 Å². The molecular weight excluding hydrogens is 362 g/mol. The Bertz CT molecular complexity index is 888. The van der Waals surface area contributed by atoms with E-state index in [9.17, 15) is 18.0 Å². The molecule has 2 aromatic rings. The molecule has 0 radical (unpaired) electrons. The van der Waals surface area contributed by atoms with Gasteiger partial charge in [0.25, 0.3) is 5.91 Å². The van der Waals surface area contributed by atoms with Crippen molar-refractivity contribution in [2.45, 2.75) is 6.04 Å². The Kier molecular flexibility index (Phi) is 5.00. The quantitative estimate of drug-likeness (QED) is 0.747. The van der Waals surface area contributed by atoms with Crippen molar-refractivity contribution in [3.8, 4) is 0 Å². The van der Waals surface area contributed by atoms with Crippen LogP contribution in [0.4, 0.5) is 5.69 Å². The van der Waals surface area contributed by atoms with Crippen molar-refractivity contribution >= 4 is 38.7 Å². The molecule has 0 saturated carbocycles. The molecule has 0 bridgehead atoms. The van der Waals surface area contributed by atoms with Crippen LogP contribution in [0.2, 0.25) is 0 Å². The Hall–Kier alpha value is -2.45. The summed E-state index contributed by atoms with van der Waals surface area (Å²) >= 11 is 1.22. The number of nitrogens with zero attached hydrogens (tertiary/aromatic N) is 1. The molecule has 3 rings (SSSR count). The van der Waals surface area contributed by atoms with E-state index >= 15 is 0 Å². The lowest BCUT2D eigenvalue weighted by atomic mass is 10.2. The topological polar surface area (TPSA) is 80.8 Å². The lowest BCUT2D eigenvalue weighted by Crippen LogP contribution is -2.43. The van der Waals surface area contributed by atoms with Crippen LogP contribution < -0.4 is 4.90 Å². The van der Waals surface area contributed by atoms with Crippen molar-refractivity contribution in [1.29, 1.82) is 0 Å². The van der Waals surface area contributed by atoms with Gasteiger partial charge in [-0.3, -0.25) is 4.79 Å². The number of para-hydroxylation sites is 1. The second-order valence-corrected chi connectivity index (χ2v) is 8.26. The molecule has 25 heavy (non-hydrogen) atoms. The van der Waals surface area contributed by atoms with Crippen molar-refractivity contribution < 1.29 is 22.7 Å². The smallest absolute Gasteiger partial charge is 0.348 e. The number of sulfone groups is 1. The molecule has 0 spiro atoms. The molecule has 1 atom stereocenters. The van der Waals surface area contributed by atoms with Crippen LogP contribution in [0.1, 0.15) is 9.67 Å². The fraction of sp³-hybridized carbons (Fsp3) is 0.176. The lowest BCUT2D eigenvalue weighted by molar-refractivity contribution is -0.121. The van der Waals surface area contributed by atoms with E-state index < -0.39 is 34.4 Å². The molecule has 0 aliphatic carbocycles. The SMILES string of the molecule is O=C(OCC(=O)N(c1ccccc1)[C@H]1C=CS(=O)(=O)C1)c1cccs1. The van der Waals surface area contributed by atoms with Crippen molar-refractivity contribution in [2.24, 2.45) is 0 Å². The summed E-state index contributed by atoms with van der Waals surface area (Å²) in [7, 11) is -3.33. The number of hydrogen-bond donors (Lipinski definition) is 0. The molecular formula is C17H15NO5S2. The van der Waals surface area contributed by atoms with Gasteiger partial charge in [0.15, 0.2) is 16.4 Å². The van der Waals surface area contributed by atoms with Crippen LogP contribution in [0.5, 0.6) is 0 Å². The minimum atomic E-state index is -3.33. The molecule has 1 aliphatic heterocycles. The van der Waals surface area contributed by atoms with Gasteiger partial charge in [0.05, 0.1) is 11.8 Å². The van der Waals surface area contributed by atoms with Gasteiger partial charge in [0.1, 0.15) is 4.88 Å². The highest BCUT2D eigenvalue weighted by Gasteiger charge is 2.31. The maximum Gasteiger partial charge on any atom is 0.348 e. The summed E-state index contributed by atoms with van der Waals surface area (Å²) < 4.78 is 28.5. The number of benzene rings is 1. The molecule has 8 heteroatoms. The number of thiophene rings is 1. The Morgan fingerprint density at radius 3 is 2.52 bits per heavy atom. The van der Waals surface area contributed by atoms with Crippen LogP contribution in [-0.4, -0.2) is 38.7 Å². The zero-order chi connectivity index (χ0) is 17.9. The third-order valence-corrected chi connectivity index (χ3v) is 5.82. The van der Waals surface area contributed by atoms with Gasteiger partial charge in [0, 0.05) is 11.1 Å². The lowest BCUT2D eigenvalue weighted by Gasteiger charge is -2.27. The Balaban J connectivity index is 1.76. The van der Waals surface area contributed by atoms with E-state index in [1.165, 1.54) is 22.3 Å². The number of amides is 1. The monoisotopic (exact) mass is 377 g/mol. The van der Waals surface area contributed by atoms with Gasteiger partial charge < -0.3 is 9.64 Å². The van der Waals surface area contributed by atoms with Gasteiger partial charge in [-0.2, -0.15) is 0 Å². The number of esters is 1. The third kappa shape index (κ3) is 4.15. The van der Waals surface area contributed by atoms with E-state index in [0.29, 0.717) is 10.6 Å². The second kappa shape index (κ2) is 7.20. The van der Waals surface area contributed by atoms with Gasteiger partial charge in [-0.25, -0.2) is 13.2 Å². The number of hydrogen-bond acceptors (Lipinski definition) is 6. The predicted octanol–water partition coefficient (Wildman–Crippen LogP) is 2.25. The number of ether oxygens (including phenoxy) is 1. The van der Waals surface area contributed by atoms with E-state index in [0.717, 1.165) is 5.41 Å². The third-order valence-electron chi connectivity index (χ3n) is 3.59. The standard InChI is InChI=1S/C17H15NO5S2/c19-16(11-23-17(20)15-7-4-9-24-15)18(13-5-2-1-3-6-13)14-8-10-25(21,22)12-14/h1-10,14H,11-12H2/t14-/m0/s1. The molecule has 0 unspecified atom stereocenters. The van der Waals surface area contributed by atoms with Crippen molar-refractivity contribution in [3.63, 3.8) is 0 Å². The van der Waals surface area contributed by atoms with Crippen LogP contribution in [0.3, 0.4) is 0 Å². The van der Waals surface area contributed by atoms with Gasteiger partial charge >= 0.3 is 5.97 Å². The zero-order valence-electron chi connectivity index (χ0n) is 13.1. The fourth-order valence-corrected chi connectivity index (χ4v) is 4.38. The highest BCUT2D eigenvalue weighted by molar-refractivity contribution is 7.94. The van der Waals surface area contributed by atoms with E-state index in [-0.39, 0.29) is 5.75 Å². The number of carbonyl (C=O) groups excluding carboxylic acids is 2. The van der Waals surface area contributed by atoms with Gasteiger partial charge in [-0.05, 0) is 29.7 Å². The number of rotatable bonds is 5. The Morgan fingerprint density at radius 1 is 1.16 bits per heavy atom. The van der Waals surface area contributed by atoms with Crippen molar-refractivity contribution in [3.05, 3.63) is 64.2 Å². The predicted molar refractivity (Wildman–Crippen MR) is 95.2 cm³/mol. The minimum absolute atomic E-state index is 0.188. The van der Waals surface area contributed by atoms with Crippen molar-refractivity contribution in [1.82, 2.24) is 0 Å². The highest BCUT2D eigenvalue weighted by Crippen LogP contribution is 2.23. The van der Waals surface area contributed by atoms with E-state index in [2.05, 4.69) is 0 Å². The van der Waals surface area contributed by atoms with Gasteiger partial charge in [0.2, 0.25) is 0 Å². The summed E-state index contributed by atoms with van der Waals surface area (Å²) in [6.07, 6.45) is 1.47. The first kappa shape index (κ1) is 17.4. The first-order chi connectivity index (χ1) is 12.0. The van der Waals surface area contributed by atoms with Crippen LogP contribution in [0, 0.1) is 0 Å².